The van der Waals surface area contributed by atoms with Gasteiger partial charge >= 0.3 is 6.18 Å². The lowest BCUT2D eigenvalue weighted by atomic mass is 10.0. The number of alkyl halides is 3. The van der Waals surface area contributed by atoms with Crippen LogP contribution >= 0.6 is 0 Å². The topological polar surface area (TPSA) is 36.1 Å². The molecule has 3 aromatic rings. The number of rotatable bonds is 4. The Labute approximate surface area is 154 Å². The Morgan fingerprint density at radius 3 is 2.63 bits per heavy atom. The summed E-state index contributed by atoms with van der Waals surface area (Å²) in [5.41, 5.74) is 1.20. The summed E-state index contributed by atoms with van der Waals surface area (Å²) >= 11 is 0. The Morgan fingerprint density at radius 2 is 1.93 bits per heavy atom. The molecule has 0 radical (unpaired) electrons. The highest BCUT2D eigenvalue weighted by Gasteiger charge is 2.38. The van der Waals surface area contributed by atoms with Gasteiger partial charge in [-0.15, -0.1) is 0 Å². The van der Waals surface area contributed by atoms with Crippen molar-refractivity contribution in [2.45, 2.75) is 38.0 Å². The molecule has 1 aromatic heterocycles. The molecule has 1 atom stereocenters. The molecule has 1 saturated carbocycles. The van der Waals surface area contributed by atoms with E-state index in [1.165, 1.54) is 6.07 Å². The van der Waals surface area contributed by atoms with Crippen molar-refractivity contribution in [3.05, 3.63) is 71.4 Å². The van der Waals surface area contributed by atoms with Crippen LogP contribution < -0.4 is 0 Å². The minimum absolute atomic E-state index is 0.0707. The number of aromatic amines is 1. The molecule has 2 aromatic carbocycles. The molecule has 140 valence electrons. The van der Waals surface area contributed by atoms with E-state index >= 15 is 0 Å². The first-order chi connectivity index (χ1) is 12.8. The average Bonchev–Trinajstić information content (AvgIpc) is 3.36. The minimum atomic E-state index is -4.40. The number of halogens is 3. The van der Waals surface area contributed by atoms with Crippen molar-refractivity contribution in [2.24, 2.45) is 0 Å². The first-order valence-corrected chi connectivity index (χ1v) is 8.91. The van der Waals surface area contributed by atoms with Gasteiger partial charge in [-0.1, -0.05) is 18.2 Å². The zero-order valence-electron chi connectivity index (χ0n) is 14.8. The van der Waals surface area contributed by atoms with Gasteiger partial charge in [-0.2, -0.15) is 13.2 Å². The summed E-state index contributed by atoms with van der Waals surface area (Å²) in [7, 11) is 0. The van der Waals surface area contributed by atoms with Crippen LogP contribution in [0.2, 0.25) is 0 Å². The van der Waals surface area contributed by atoms with E-state index in [1.54, 1.807) is 30.0 Å². The van der Waals surface area contributed by atoms with Crippen molar-refractivity contribution >= 4 is 16.8 Å². The van der Waals surface area contributed by atoms with Crippen LogP contribution in [0.15, 0.2) is 54.7 Å². The van der Waals surface area contributed by atoms with Crippen LogP contribution in [-0.2, 0) is 6.18 Å². The van der Waals surface area contributed by atoms with Gasteiger partial charge in [0.05, 0.1) is 11.6 Å². The first kappa shape index (κ1) is 17.6. The van der Waals surface area contributed by atoms with Crippen LogP contribution in [0.25, 0.3) is 10.9 Å². The predicted octanol–water partition coefficient (Wildman–Crippen LogP) is 5.55. The van der Waals surface area contributed by atoms with Crippen LogP contribution in [0, 0.1) is 0 Å². The van der Waals surface area contributed by atoms with Crippen molar-refractivity contribution < 1.29 is 18.0 Å². The van der Waals surface area contributed by atoms with E-state index in [2.05, 4.69) is 4.98 Å². The molecule has 1 heterocycles. The molecule has 0 bridgehead atoms. The van der Waals surface area contributed by atoms with E-state index in [0.29, 0.717) is 11.1 Å². The summed E-state index contributed by atoms with van der Waals surface area (Å²) in [5.74, 6) is -0.154. The van der Waals surface area contributed by atoms with Crippen molar-refractivity contribution in [3.8, 4) is 0 Å². The number of H-pyrrole nitrogens is 1. The Bertz CT molecular complexity index is 988. The molecular formula is C21H19F3N2O. The molecular weight excluding hydrogens is 353 g/mol. The predicted molar refractivity (Wildman–Crippen MR) is 97.3 cm³/mol. The van der Waals surface area contributed by atoms with E-state index < -0.39 is 17.8 Å². The third-order valence-electron chi connectivity index (χ3n) is 5.09. The molecule has 1 unspecified atom stereocenters. The molecule has 1 fully saturated rings. The van der Waals surface area contributed by atoms with Crippen molar-refractivity contribution in [3.63, 3.8) is 0 Å². The summed E-state index contributed by atoms with van der Waals surface area (Å²) in [6.07, 6.45) is -0.842. The van der Waals surface area contributed by atoms with Gasteiger partial charge in [0.25, 0.3) is 5.91 Å². The molecule has 1 amide bonds. The van der Waals surface area contributed by atoms with Gasteiger partial charge in [0.15, 0.2) is 0 Å². The maximum absolute atomic E-state index is 13.2. The number of carbonyl (C=O) groups is 1. The molecule has 0 aliphatic heterocycles. The van der Waals surface area contributed by atoms with Crippen molar-refractivity contribution in [1.82, 2.24) is 9.88 Å². The number of carbonyl (C=O) groups excluding carboxylic acids is 1. The number of nitrogens with zero attached hydrogens (tertiary/aromatic N) is 1. The maximum atomic E-state index is 13.2. The zero-order valence-corrected chi connectivity index (χ0v) is 14.8. The summed E-state index contributed by atoms with van der Waals surface area (Å²) in [4.78, 5) is 18.0. The molecule has 1 aliphatic carbocycles. The number of nitrogens with one attached hydrogen (secondary N) is 1. The quantitative estimate of drug-likeness (QED) is 0.640. The van der Waals surface area contributed by atoms with E-state index in [9.17, 15) is 18.0 Å². The van der Waals surface area contributed by atoms with E-state index in [1.807, 2.05) is 18.3 Å². The normalized spacial score (nSPS) is 15.7. The average molecular weight is 372 g/mol. The summed E-state index contributed by atoms with van der Waals surface area (Å²) in [5, 5.41) is 1.01. The zero-order chi connectivity index (χ0) is 19.2. The van der Waals surface area contributed by atoms with Gasteiger partial charge in [-0.05, 0) is 61.0 Å². The lowest BCUT2D eigenvalue weighted by Crippen LogP contribution is -2.35. The fraction of sp³-hybridized carbons (Fsp3) is 0.286. The second kappa shape index (κ2) is 6.44. The second-order valence-electron chi connectivity index (χ2n) is 7.02. The van der Waals surface area contributed by atoms with Crippen LogP contribution in [-0.4, -0.2) is 21.8 Å². The lowest BCUT2D eigenvalue weighted by Gasteiger charge is -2.30. The SMILES string of the molecule is CC(c1cccc(C(F)(F)F)c1)N(C(=O)c1ccc2cc[nH]c2c1)C1CC1. The van der Waals surface area contributed by atoms with Crippen LogP contribution in [0.1, 0.15) is 47.3 Å². The van der Waals surface area contributed by atoms with Gasteiger partial charge in [0, 0.05) is 23.3 Å². The fourth-order valence-corrected chi connectivity index (χ4v) is 3.48. The van der Waals surface area contributed by atoms with Gasteiger partial charge in [0.2, 0.25) is 0 Å². The van der Waals surface area contributed by atoms with Gasteiger partial charge in [0.1, 0.15) is 0 Å². The molecule has 3 nitrogen and oxygen atoms in total. The van der Waals surface area contributed by atoms with Gasteiger partial charge in [-0.25, -0.2) is 0 Å². The summed E-state index contributed by atoms with van der Waals surface area (Å²) < 4.78 is 39.2. The highest BCUT2D eigenvalue weighted by molar-refractivity contribution is 5.98. The van der Waals surface area contributed by atoms with Crippen LogP contribution in [0.3, 0.4) is 0 Å². The van der Waals surface area contributed by atoms with Gasteiger partial charge < -0.3 is 9.88 Å². The standard InChI is InChI=1S/C21H19F3N2O/c1-13(15-3-2-4-17(11-15)21(22,23)24)26(18-7-8-18)20(27)16-6-5-14-9-10-25-19(14)12-16/h2-6,9-13,18,25H,7-8H2,1H3. The third kappa shape index (κ3) is 3.44. The lowest BCUT2D eigenvalue weighted by molar-refractivity contribution is -0.137. The number of amides is 1. The molecule has 6 heteroatoms. The van der Waals surface area contributed by atoms with Crippen molar-refractivity contribution in [2.75, 3.05) is 0 Å². The fourth-order valence-electron chi connectivity index (χ4n) is 3.48. The molecule has 27 heavy (non-hydrogen) atoms. The summed E-state index contributed by atoms with van der Waals surface area (Å²) in [6.45, 7) is 1.79. The van der Waals surface area contributed by atoms with Gasteiger partial charge in [-0.3, -0.25) is 4.79 Å². The summed E-state index contributed by atoms with van der Waals surface area (Å²) in [6, 6.07) is 12.2. The Balaban J connectivity index is 1.67. The number of hydrogen-bond donors (Lipinski definition) is 1. The highest BCUT2D eigenvalue weighted by Crippen LogP contribution is 2.37. The van der Waals surface area contributed by atoms with Crippen LogP contribution in [0.4, 0.5) is 13.2 Å². The Kier molecular flexibility index (Phi) is 4.21. The molecule has 1 N–H and O–H groups in total. The number of hydrogen-bond acceptors (Lipinski definition) is 1. The molecule has 1 aliphatic rings. The number of benzene rings is 2. The molecule has 4 rings (SSSR count). The monoisotopic (exact) mass is 372 g/mol. The highest BCUT2D eigenvalue weighted by atomic mass is 19.4. The smallest absolute Gasteiger partial charge is 0.361 e. The number of aromatic nitrogens is 1. The molecule has 0 spiro atoms. The third-order valence-corrected chi connectivity index (χ3v) is 5.09. The molecule has 0 saturated heterocycles. The van der Waals surface area contributed by atoms with E-state index in [-0.39, 0.29) is 11.9 Å². The Hall–Kier alpha value is -2.76. The Morgan fingerprint density at radius 1 is 1.15 bits per heavy atom. The van der Waals surface area contributed by atoms with E-state index in [0.717, 1.165) is 35.9 Å². The maximum Gasteiger partial charge on any atom is 0.416 e. The minimum Gasteiger partial charge on any atom is -0.361 e. The number of fused-ring (bicyclic) bond motifs is 1. The van der Waals surface area contributed by atoms with Crippen LogP contribution in [0.5, 0.6) is 0 Å². The van der Waals surface area contributed by atoms with E-state index in [4.69, 9.17) is 0 Å². The first-order valence-electron chi connectivity index (χ1n) is 8.91. The van der Waals surface area contributed by atoms with Crippen molar-refractivity contribution in [1.29, 1.82) is 0 Å². The second-order valence-corrected chi connectivity index (χ2v) is 7.02. The largest absolute Gasteiger partial charge is 0.416 e.